The third-order valence-corrected chi connectivity index (χ3v) is 3.64. The average molecular weight is 306 g/mol. The van der Waals surface area contributed by atoms with Gasteiger partial charge in [0.1, 0.15) is 0 Å². The van der Waals surface area contributed by atoms with E-state index in [0.29, 0.717) is 4.34 Å². The van der Waals surface area contributed by atoms with Crippen LogP contribution < -0.4 is 5.32 Å². The largest absolute Gasteiger partial charge is 0.481 e. The highest BCUT2D eigenvalue weighted by molar-refractivity contribution is 7.16. The van der Waals surface area contributed by atoms with Crippen molar-refractivity contribution in [1.82, 2.24) is 5.32 Å². The summed E-state index contributed by atoms with van der Waals surface area (Å²) in [5, 5.41) is 11.6. The molecule has 1 heterocycles. The Kier molecular flexibility index (Phi) is 5.78. The van der Waals surface area contributed by atoms with Gasteiger partial charge in [0.05, 0.1) is 29.3 Å². The third kappa shape index (κ3) is 5.59. The van der Waals surface area contributed by atoms with Gasteiger partial charge >= 0.3 is 5.97 Å². The van der Waals surface area contributed by atoms with E-state index in [1.54, 1.807) is 19.1 Å². The highest BCUT2D eigenvalue weighted by Gasteiger charge is 2.29. The average Bonchev–Trinajstić information content (AvgIpc) is 2.61. The number of nitrogens with one attached hydrogen (secondary N) is 1. The standard InChI is InChI=1S/C12H16ClNO4S/c1-12(7-18-2,6-11(16)17)14-10(15)5-8-3-4-9(13)19-8/h3-4H,5-7H2,1-2H3,(H,14,15)(H,16,17). The van der Waals surface area contributed by atoms with Crippen LogP contribution in [0.3, 0.4) is 0 Å². The van der Waals surface area contributed by atoms with Gasteiger partial charge in [0.15, 0.2) is 0 Å². The molecule has 1 rings (SSSR count). The van der Waals surface area contributed by atoms with Gasteiger partial charge in [-0.2, -0.15) is 0 Å². The monoisotopic (exact) mass is 305 g/mol. The van der Waals surface area contributed by atoms with E-state index >= 15 is 0 Å². The van der Waals surface area contributed by atoms with E-state index in [0.717, 1.165) is 4.88 Å². The first-order valence-corrected chi connectivity index (χ1v) is 6.80. The lowest BCUT2D eigenvalue weighted by Gasteiger charge is -2.28. The van der Waals surface area contributed by atoms with Gasteiger partial charge < -0.3 is 15.2 Å². The number of aliphatic carboxylic acids is 1. The molecule has 0 radical (unpaired) electrons. The zero-order valence-electron chi connectivity index (χ0n) is 10.7. The number of carbonyl (C=O) groups is 2. The van der Waals surface area contributed by atoms with E-state index < -0.39 is 11.5 Å². The lowest BCUT2D eigenvalue weighted by atomic mass is 9.98. The summed E-state index contributed by atoms with van der Waals surface area (Å²) in [6.07, 6.45) is -0.0198. The lowest BCUT2D eigenvalue weighted by molar-refractivity contribution is -0.139. The predicted molar refractivity (Wildman–Crippen MR) is 73.7 cm³/mol. The molecular formula is C12H16ClNO4S. The Hall–Kier alpha value is -1.11. The Morgan fingerprint density at radius 2 is 2.21 bits per heavy atom. The van der Waals surface area contributed by atoms with Gasteiger partial charge in [-0.15, -0.1) is 11.3 Å². The quantitative estimate of drug-likeness (QED) is 0.807. The summed E-state index contributed by atoms with van der Waals surface area (Å²) in [4.78, 5) is 23.5. The van der Waals surface area contributed by atoms with Crippen LogP contribution in [0.25, 0.3) is 0 Å². The minimum Gasteiger partial charge on any atom is -0.481 e. The molecule has 0 saturated heterocycles. The Bertz CT molecular complexity index is 462. The van der Waals surface area contributed by atoms with E-state index in [2.05, 4.69) is 5.32 Å². The van der Waals surface area contributed by atoms with Crippen molar-refractivity contribution in [3.63, 3.8) is 0 Å². The number of thiophene rings is 1. The number of methoxy groups -OCH3 is 1. The Morgan fingerprint density at radius 1 is 1.53 bits per heavy atom. The highest BCUT2D eigenvalue weighted by atomic mass is 35.5. The fraction of sp³-hybridized carbons (Fsp3) is 0.500. The number of hydrogen-bond donors (Lipinski definition) is 2. The zero-order chi connectivity index (χ0) is 14.5. The molecule has 2 N–H and O–H groups in total. The fourth-order valence-electron chi connectivity index (χ4n) is 1.77. The summed E-state index contributed by atoms with van der Waals surface area (Å²) in [7, 11) is 1.46. The predicted octanol–water partition coefficient (Wildman–Crippen LogP) is 1.94. The van der Waals surface area contributed by atoms with Crippen molar-refractivity contribution in [2.24, 2.45) is 0 Å². The number of amides is 1. The van der Waals surface area contributed by atoms with E-state index in [-0.39, 0.29) is 25.4 Å². The molecule has 0 aliphatic rings. The maximum atomic E-state index is 11.9. The van der Waals surface area contributed by atoms with Gasteiger partial charge in [0, 0.05) is 12.0 Å². The second-order valence-corrected chi connectivity index (χ2v) is 6.29. The van der Waals surface area contributed by atoms with Crippen LogP contribution >= 0.6 is 22.9 Å². The van der Waals surface area contributed by atoms with Crippen LogP contribution in [-0.2, 0) is 20.7 Å². The summed E-state index contributed by atoms with van der Waals surface area (Å²) in [6.45, 7) is 1.78. The molecule has 1 aromatic rings. The Morgan fingerprint density at radius 3 is 2.68 bits per heavy atom. The van der Waals surface area contributed by atoms with Crippen molar-refractivity contribution in [3.8, 4) is 0 Å². The molecule has 0 fully saturated rings. The second-order valence-electron chi connectivity index (χ2n) is 4.49. The molecule has 0 aromatic carbocycles. The molecule has 0 saturated carbocycles. The Balaban J connectivity index is 2.63. The van der Waals surface area contributed by atoms with Crippen LogP contribution in [0.15, 0.2) is 12.1 Å². The second kappa shape index (κ2) is 6.88. The topological polar surface area (TPSA) is 75.6 Å². The van der Waals surface area contributed by atoms with Crippen molar-refractivity contribution in [2.75, 3.05) is 13.7 Å². The number of carboxylic acid groups (broad SMARTS) is 1. The van der Waals surface area contributed by atoms with Gasteiger partial charge in [-0.05, 0) is 19.1 Å². The molecule has 106 valence electrons. The number of carbonyl (C=O) groups excluding carboxylic acids is 1. The molecular weight excluding hydrogens is 290 g/mol. The first-order chi connectivity index (χ1) is 8.84. The first kappa shape index (κ1) is 15.9. The lowest BCUT2D eigenvalue weighted by Crippen LogP contribution is -2.51. The van der Waals surface area contributed by atoms with E-state index in [4.69, 9.17) is 21.4 Å². The molecule has 0 aliphatic carbocycles. The highest BCUT2D eigenvalue weighted by Crippen LogP contribution is 2.22. The summed E-state index contributed by atoms with van der Waals surface area (Å²) in [6, 6.07) is 3.50. The molecule has 0 aliphatic heterocycles. The zero-order valence-corrected chi connectivity index (χ0v) is 12.3. The molecule has 19 heavy (non-hydrogen) atoms. The van der Waals surface area contributed by atoms with Crippen LogP contribution in [0.2, 0.25) is 4.34 Å². The molecule has 7 heteroatoms. The smallest absolute Gasteiger partial charge is 0.305 e. The summed E-state index contributed by atoms with van der Waals surface area (Å²) < 4.78 is 5.59. The minimum atomic E-state index is -0.987. The van der Waals surface area contributed by atoms with Gasteiger partial charge in [0.2, 0.25) is 5.91 Å². The molecule has 0 spiro atoms. The van der Waals surface area contributed by atoms with Crippen molar-refractivity contribution in [3.05, 3.63) is 21.3 Å². The van der Waals surface area contributed by atoms with Crippen LogP contribution in [0.5, 0.6) is 0 Å². The number of carboxylic acids is 1. The summed E-state index contributed by atoms with van der Waals surface area (Å²) in [5.41, 5.74) is -0.918. The fourth-order valence-corrected chi connectivity index (χ4v) is 2.86. The SMILES string of the molecule is COCC(C)(CC(=O)O)NC(=O)Cc1ccc(Cl)s1. The number of rotatable bonds is 7. The van der Waals surface area contributed by atoms with Gasteiger partial charge in [-0.25, -0.2) is 0 Å². The van der Waals surface area contributed by atoms with Crippen LogP contribution in [0, 0.1) is 0 Å². The van der Waals surface area contributed by atoms with E-state index in [1.165, 1.54) is 18.4 Å². The minimum absolute atomic E-state index is 0.135. The van der Waals surface area contributed by atoms with Crippen LogP contribution in [0.4, 0.5) is 0 Å². The third-order valence-electron chi connectivity index (χ3n) is 2.41. The summed E-state index contributed by atoms with van der Waals surface area (Å²) >= 11 is 7.11. The molecule has 1 atom stereocenters. The number of ether oxygens (including phenoxy) is 1. The molecule has 1 amide bonds. The van der Waals surface area contributed by atoms with Crippen molar-refractivity contribution < 1.29 is 19.4 Å². The van der Waals surface area contributed by atoms with Gasteiger partial charge in [0.25, 0.3) is 0 Å². The van der Waals surface area contributed by atoms with Crippen molar-refractivity contribution >= 4 is 34.8 Å². The van der Waals surface area contributed by atoms with E-state index in [1.807, 2.05) is 0 Å². The van der Waals surface area contributed by atoms with Crippen molar-refractivity contribution in [2.45, 2.75) is 25.3 Å². The van der Waals surface area contributed by atoms with Gasteiger partial charge in [-0.3, -0.25) is 9.59 Å². The molecule has 1 aromatic heterocycles. The molecule has 5 nitrogen and oxygen atoms in total. The first-order valence-electron chi connectivity index (χ1n) is 5.60. The normalized spacial score (nSPS) is 13.8. The number of hydrogen-bond acceptors (Lipinski definition) is 4. The molecule has 1 unspecified atom stereocenters. The van der Waals surface area contributed by atoms with E-state index in [9.17, 15) is 9.59 Å². The summed E-state index contributed by atoms with van der Waals surface area (Å²) in [5.74, 6) is -1.24. The maximum absolute atomic E-state index is 11.9. The van der Waals surface area contributed by atoms with Crippen LogP contribution in [0.1, 0.15) is 18.2 Å². The van der Waals surface area contributed by atoms with Crippen LogP contribution in [-0.4, -0.2) is 36.2 Å². The Labute approximate surface area is 120 Å². The van der Waals surface area contributed by atoms with Gasteiger partial charge in [-0.1, -0.05) is 11.6 Å². The maximum Gasteiger partial charge on any atom is 0.305 e. The molecule has 0 bridgehead atoms. The number of halogens is 1. The van der Waals surface area contributed by atoms with Crippen molar-refractivity contribution in [1.29, 1.82) is 0 Å².